The van der Waals surface area contributed by atoms with Gasteiger partial charge in [0.1, 0.15) is 5.82 Å². The lowest BCUT2D eigenvalue weighted by molar-refractivity contribution is 0.537. The van der Waals surface area contributed by atoms with E-state index in [1.165, 1.54) is 29.7 Å². The van der Waals surface area contributed by atoms with E-state index in [4.69, 9.17) is 4.98 Å². The smallest absolute Gasteiger partial charge is 0.140 e. The molecule has 104 valence electrons. The molecule has 2 heteroatoms. The Morgan fingerprint density at radius 1 is 0.762 bits per heavy atom. The molecule has 0 N–H and O–H groups in total. The van der Waals surface area contributed by atoms with Gasteiger partial charge in [0, 0.05) is 23.4 Å². The van der Waals surface area contributed by atoms with Crippen molar-refractivity contribution in [2.45, 2.75) is 25.8 Å². The summed E-state index contributed by atoms with van der Waals surface area (Å²) in [4.78, 5) is 5.00. The lowest BCUT2D eigenvalue weighted by Crippen LogP contribution is -2.11. The molecule has 2 heterocycles. The van der Waals surface area contributed by atoms with Gasteiger partial charge in [-0.05, 0) is 19.3 Å². The average Bonchev–Trinajstić information content (AvgIpc) is 2.96. The van der Waals surface area contributed by atoms with Crippen LogP contribution in [0.15, 0.2) is 60.7 Å². The first kappa shape index (κ1) is 12.4. The van der Waals surface area contributed by atoms with Crippen LogP contribution in [0.3, 0.4) is 0 Å². The molecule has 0 bridgehead atoms. The molecule has 1 aliphatic heterocycles. The number of nitrogens with zero attached hydrogens (tertiary/aromatic N) is 2. The molecule has 0 spiro atoms. The topological polar surface area (TPSA) is 17.8 Å². The summed E-state index contributed by atoms with van der Waals surface area (Å²) in [6.45, 7) is 1.08. The molecule has 2 aromatic carbocycles. The van der Waals surface area contributed by atoms with Crippen molar-refractivity contribution in [3.05, 3.63) is 66.4 Å². The van der Waals surface area contributed by atoms with E-state index < -0.39 is 0 Å². The fourth-order valence-electron chi connectivity index (χ4n) is 3.18. The van der Waals surface area contributed by atoms with Crippen LogP contribution in [0.25, 0.3) is 22.6 Å². The van der Waals surface area contributed by atoms with Crippen LogP contribution >= 0.6 is 0 Å². The van der Waals surface area contributed by atoms with Crippen LogP contribution in [-0.2, 0) is 13.0 Å². The van der Waals surface area contributed by atoms with Crippen LogP contribution in [0.1, 0.15) is 18.5 Å². The van der Waals surface area contributed by atoms with Gasteiger partial charge in [0.05, 0.1) is 5.69 Å². The van der Waals surface area contributed by atoms with Crippen molar-refractivity contribution >= 4 is 0 Å². The third-order valence-corrected chi connectivity index (χ3v) is 4.20. The molecular weight excluding hydrogens is 256 g/mol. The van der Waals surface area contributed by atoms with Crippen LogP contribution in [0.5, 0.6) is 0 Å². The maximum absolute atomic E-state index is 5.00. The van der Waals surface area contributed by atoms with Crippen molar-refractivity contribution in [3.8, 4) is 22.6 Å². The fourth-order valence-corrected chi connectivity index (χ4v) is 3.18. The van der Waals surface area contributed by atoms with Gasteiger partial charge in [0.25, 0.3) is 0 Å². The highest BCUT2D eigenvalue weighted by Crippen LogP contribution is 2.32. The predicted molar refractivity (Wildman–Crippen MR) is 86.0 cm³/mol. The highest BCUT2D eigenvalue weighted by Gasteiger charge is 2.21. The fraction of sp³-hybridized carbons (Fsp3) is 0.211. The second-order valence-electron chi connectivity index (χ2n) is 5.57. The zero-order valence-corrected chi connectivity index (χ0v) is 12.0. The number of benzene rings is 2. The number of hydrogen-bond acceptors (Lipinski definition) is 1. The first-order chi connectivity index (χ1) is 10.4. The summed E-state index contributed by atoms with van der Waals surface area (Å²) in [5.41, 5.74) is 4.99. The molecule has 4 rings (SSSR count). The minimum Gasteiger partial charge on any atom is -0.327 e. The highest BCUT2D eigenvalue weighted by atomic mass is 15.1. The standard InChI is InChI=1S/C19H18N2/c1-3-9-15(10-4-1)18-17-13-7-8-14-21(17)19(20-18)16-11-5-2-6-12-16/h1-6,9-12H,7-8,13-14H2. The van der Waals surface area contributed by atoms with Crippen molar-refractivity contribution in [2.75, 3.05) is 0 Å². The maximum atomic E-state index is 5.00. The van der Waals surface area contributed by atoms with Crippen molar-refractivity contribution in [1.29, 1.82) is 0 Å². The molecule has 0 aliphatic carbocycles. The quantitative estimate of drug-likeness (QED) is 0.670. The summed E-state index contributed by atoms with van der Waals surface area (Å²) in [6, 6.07) is 21.1. The third kappa shape index (κ3) is 2.17. The monoisotopic (exact) mass is 274 g/mol. The number of hydrogen-bond donors (Lipinski definition) is 0. The van der Waals surface area contributed by atoms with Gasteiger partial charge in [-0.2, -0.15) is 0 Å². The Labute approximate surface area is 125 Å². The molecule has 0 atom stereocenters. The van der Waals surface area contributed by atoms with Gasteiger partial charge in [-0.1, -0.05) is 60.7 Å². The Balaban J connectivity index is 1.92. The summed E-state index contributed by atoms with van der Waals surface area (Å²) in [6.07, 6.45) is 3.64. The first-order valence-corrected chi connectivity index (χ1v) is 7.64. The van der Waals surface area contributed by atoms with Crippen LogP contribution in [-0.4, -0.2) is 9.55 Å². The summed E-state index contributed by atoms with van der Waals surface area (Å²) in [5, 5.41) is 0. The molecule has 0 unspecified atom stereocenters. The SMILES string of the molecule is c1ccc(-c2nc(-c3ccccc3)n3c2CCCC3)cc1. The van der Waals surface area contributed by atoms with Gasteiger partial charge in [-0.15, -0.1) is 0 Å². The van der Waals surface area contributed by atoms with Crippen molar-refractivity contribution in [1.82, 2.24) is 9.55 Å². The van der Waals surface area contributed by atoms with E-state index in [0.29, 0.717) is 0 Å². The van der Waals surface area contributed by atoms with Gasteiger partial charge >= 0.3 is 0 Å². The molecule has 0 radical (unpaired) electrons. The molecular formula is C19H18N2. The van der Waals surface area contributed by atoms with Gasteiger partial charge in [-0.3, -0.25) is 0 Å². The molecule has 1 aromatic heterocycles. The average molecular weight is 274 g/mol. The van der Waals surface area contributed by atoms with E-state index in [9.17, 15) is 0 Å². The van der Waals surface area contributed by atoms with Crippen molar-refractivity contribution in [2.24, 2.45) is 0 Å². The largest absolute Gasteiger partial charge is 0.327 e. The molecule has 0 saturated carbocycles. The second kappa shape index (κ2) is 5.21. The Morgan fingerprint density at radius 3 is 2.14 bits per heavy atom. The van der Waals surface area contributed by atoms with E-state index >= 15 is 0 Å². The van der Waals surface area contributed by atoms with Crippen molar-refractivity contribution in [3.63, 3.8) is 0 Å². The van der Waals surface area contributed by atoms with Gasteiger partial charge < -0.3 is 4.57 Å². The van der Waals surface area contributed by atoms with Crippen LogP contribution in [0, 0.1) is 0 Å². The molecule has 21 heavy (non-hydrogen) atoms. The number of rotatable bonds is 2. The van der Waals surface area contributed by atoms with Gasteiger partial charge in [0.2, 0.25) is 0 Å². The Hall–Kier alpha value is -2.35. The normalized spacial score (nSPS) is 13.9. The van der Waals surface area contributed by atoms with E-state index in [-0.39, 0.29) is 0 Å². The van der Waals surface area contributed by atoms with E-state index in [1.54, 1.807) is 0 Å². The van der Waals surface area contributed by atoms with Crippen LogP contribution in [0.2, 0.25) is 0 Å². The lowest BCUT2D eigenvalue weighted by Gasteiger charge is -2.17. The second-order valence-corrected chi connectivity index (χ2v) is 5.57. The molecule has 0 saturated heterocycles. The lowest BCUT2D eigenvalue weighted by atomic mass is 10.0. The number of imidazole rings is 1. The Kier molecular flexibility index (Phi) is 3.07. The number of aromatic nitrogens is 2. The Morgan fingerprint density at radius 2 is 1.43 bits per heavy atom. The zero-order chi connectivity index (χ0) is 14.1. The first-order valence-electron chi connectivity index (χ1n) is 7.64. The van der Waals surface area contributed by atoms with E-state index in [2.05, 4.69) is 65.2 Å². The minimum absolute atomic E-state index is 1.08. The summed E-state index contributed by atoms with van der Waals surface area (Å²) >= 11 is 0. The summed E-state index contributed by atoms with van der Waals surface area (Å²) < 4.78 is 2.42. The van der Waals surface area contributed by atoms with Crippen molar-refractivity contribution < 1.29 is 0 Å². The van der Waals surface area contributed by atoms with Gasteiger partial charge in [0.15, 0.2) is 0 Å². The molecule has 0 amide bonds. The highest BCUT2D eigenvalue weighted by molar-refractivity contribution is 5.68. The van der Waals surface area contributed by atoms with Crippen LogP contribution in [0.4, 0.5) is 0 Å². The van der Waals surface area contributed by atoms with E-state index in [1.807, 2.05) is 0 Å². The molecule has 1 aliphatic rings. The zero-order valence-electron chi connectivity index (χ0n) is 12.0. The summed E-state index contributed by atoms with van der Waals surface area (Å²) in [7, 11) is 0. The predicted octanol–water partition coefficient (Wildman–Crippen LogP) is 4.55. The molecule has 0 fully saturated rings. The van der Waals surface area contributed by atoms with Gasteiger partial charge in [-0.25, -0.2) is 4.98 Å². The molecule has 3 aromatic rings. The summed E-state index contributed by atoms with van der Waals surface area (Å²) in [5.74, 6) is 1.11. The Bertz CT molecular complexity index is 678. The maximum Gasteiger partial charge on any atom is 0.140 e. The van der Waals surface area contributed by atoms with E-state index in [0.717, 1.165) is 24.5 Å². The third-order valence-electron chi connectivity index (χ3n) is 4.20. The minimum atomic E-state index is 1.08. The molecule has 2 nitrogen and oxygen atoms in total. The van der Waals surface area contributed by atoms with Crippen LogP contribution < -0.4 is 0 Å². The number of fused-ring (bicyclic) bond motifs is 1.